The van der Waals surface area contributed by atoms with Gasteiger partial charge in [0.15, 0.2) is 5.82 Å². The molecule has 2 rings (SSSR count). The summed E-state index contributed by atoms with van der Waals surface area (Å²) >= 11 is 0. The Balaban J connectivity index is 2.25. The van der Waals surface area contributed by atoms with E-state index in [-0.39, 0.29) is 5.84 Å². The van der Waals surface area contributed by atoms with Gasteiger partial charge in [0.2, 0.25) is 0 Å². The van der Waals surface area contributed by atoms with Crippen LogP contribution in [0.3, 0.4) is 0 Å². The van der Waals surface area contributed by atoms with Gasteiger partial charge in [0.05, 0.1) is 11.8 Å². The van der Waals surface area contributed by atoms with E-state index in [1.54, 1.807) is 12.3 Å². The molecule has 1 unspecified atom stereocenters. The van der Waals surface area contributed by atoms with Gasteiger partial charge in [-0.2, -0.15) is 5.10 Å². The molecule has 0 saturated carbocycles. The number of piperazine rings is 1. The third-order valence-corrected chi connectivity index (χ3v) is 3.25. The smallest absolute Gasteiger partial charge is 0.162 e. The fourth-order valence-electron chi connectivity index (χ4n) is 2.01. The zero-order valence-electron chi connectivity index (χ0n) is 10.2. The average molecular weight is 234 g/mol. The lowest BCUT2D eigenvalue weighted by molar-refractivity contribution is 0.233. The number of nitrogens with two attached hydrogens (primary N) is 1. The summed E-state index contributed by atoms with van der Waals surface area (Å²) in [6, 6.07) is 2.21. The maximum Gasteiger partial charge on any atom is 0.162 e. The molecule has 0 bridgehead atoms. The summed E-state index contributed by atoms with van der Waals surface area (Å²) in [5, 5.41) is 15.6. The Labute approximate surface area is 101 Å². The Morgan fingerprint density at radius 3 is 2.94 bits per heavy atom. The molecular weight excluding hydrogens is 216 g/mol. The highest BCUT2D eigenvalue weighted by Gasteiger charge is 2.24. The number of nitrogens with zero attached hydrogens (tertiary/aromatic N) is 4. The van der Waals surface area contributed by atoms with Crippen molar-refractivity contribution in [3.05, 3.63) is 17.8 Å². The van der Waals surface area contributed by atoms with Crippen LogP contribution >= 0.6 is 0 Å². The van der Waals surface area contributed by atoms with Crippen LogP contribution in [0.4, 0.5) is 5.82 Å². The van der Waals surface area contributed by atoms with Crippen molar-refractivity contribution in [3.63, 3.8) is 0 Å². The summed E-state index contributed by atoms with van der Waals surface area (Å²) in [5.41, 5.74) is 6.23. The van der Waals surface area contributed by atoms with E-state index in [1.165, 1.54) is 0 Å². The van der Waals surface area contributed by atoms with Crippen LogP contribution in [0.2, 0.25) is 0 Å². The van der Waals surface area contributed by atoms with Crippen LogP contribution in [0.1, 0.15) is 12.5 Å². The van der Waals surface area contributed by atoms with E-state index in [0.717, 1.165) is 25.5 Å². The molecule has 0 amide bonds. The van der Waals surface area contributed by atoms with Gasteiger partial charge in [-0.05, 0) is 20.0 Å². The Hall–Kier alpha value is -1.69. The number of nitrogens with one attached hydrogen (secondary N) is 1. The van der Waals surface area contributed by atoms with Crippen LogP contribution in [0, 0.1) is 5.41 Å². The predicted octanol–water partition coefficient (Wildman–Crippen LogP) is -0.0990. The number of hydrogen-bond acceptors (Lipinski definition) is 5. The number of amidine groups is 1. The SMILES string of the molecule is CC1CN(c2nnccc2C(=N)N)CCN1C. The van der Waals surface area contributed by atoms with Gasteiger partial charge in [0.1, 0.15) is 5.84 Å². The first-order valence-corrected chi connectivity index (χ1v) is 5.71. The Morgan fingerprint density at radius 2 is 2.29 bits per heavy atom. The predicted molar refractivity (Wildman–Crippen MR) is 67.4 cm³/mol. The van der Waals surface area contributed by atoms with Gasteiger partial charge in [-0.25, -0.2) is 0 Å². The van der Waals surface area contributed by atoms with E-state index in [0.29, 0.717) is 11.6 Å². The average Bonchev–Trinajstić information content (AvgIpc) is 2.32. The van der Waals surface area contributed by atoms with Crippen molar-refractivity contribution in [3.8, 4) is 0 Å². The molecule has 0 spiro atoms. The van der Waals surface area contributed by atoms with E-state index in [9.17, 15) is 0 Å². The summed E-state index contributed by atoms with van der Waals surface area (Å²) in [6.07, 6.45) is 1.57. The first-order chi connectivity index (χ1) is 8.09. The van der Waals surface area contributed by atoms with Crippen molar-refractivity contribution in [1.82, 2.24) is 15.1 Å². The third kappa shape index (κ3) is 2.36. The molecule has 1 aliphatic heterocycles. The summed E-state index contributed by atoms with van der Waals surface area (Å²) < 4.78 is 0. The van der Waals surface area contributed by atoms with Crippen LogP contribution in [0.15, 0.2) is 12.3 Å². The monoisotopic (exact) mass is 234 g/mol. The number of hydrogen-bond donors (Lipinski definition) is 2. The minimum Gasteiger partial charge on any atom is -0.384 e. The second kappa shape index (κ2) is 4.67. The van der Waals surface area contributed by atoms with Gasteiger partial charge < -0.3 is 15.5 Å². The molecule has 6 nitrogen and oxygen atoms in total. The Morgan fingerprint density at radius 1 is 1.53 bits per heavy atom. The normalized spacial score (nSPS) is 21.5. The van der Waals surface area contributed by atoms with Gasteiger partial charge in [-0.3, -0.25) is 5.41 Å². The number of likely N-dealkylation sites (N-methyl/N-ethyl adjacent to an activating group) is 1. The molecule has 1 aromatic heterocycles. The quantitative estimate of drug-likeness (QED) is 0.551. The molecule has 0 aliphatic carbocycles. The van der Waals surface area contributed by atoms with Crippen molar-refractivity contribution >= 4 is 11.7 Å². The van der Waals surface area contributed by atoms with Crippen molar-refractivity contribution in [1.29, 1.82) is 5.41 Å². The summed E-state index contributed by atoms with van der Waals surface area (Å²) in [4.78, 5) is 4.45. The highest BCUT2D eigenvalue weighted by Crippen LogP contribution is 2.19. The maximum absolute atomic E-state index is 7.56. The minimum absolute atomic E-state index is 0.0430. The Kier molecular flexibility index (Phi) is 3.23. The van der Waals surface area contributed by atoms with Crippen LogP contribution in [-0.2, 0) is 0 Å². The highest BCUT2D eigenvalue weighted by atomic mass is 15.3. The fourth-order valence-corrected chi connectivity index (χ4v) is 2.01. The molecule has 17 heavy (non-hydrogen) atoms. The fraction of sp³-hybridized carbons (Fsp3) is 0.545. The molecule has 1 fully saturated rings. The zero-order chi connectivity index (χ0) is 12.4. The molecule has 0 radical (unpaired) electrons. The molecule has 2 heterocycles. The van der Waals surface area contributed by atoms with E-state index < -0.39 is 0 Å². The standard InChI is InChI=1S/C11H18N6/c1-8-7-17(6-5-16(8)2)11-9(10(12)13)3-4-14-15-11/h3-4,8H,5-7H2,1-2H3,(H3,12,13). The van der Waals surface area contributed by atoms with Crippen LogP contribution in [0.25, 0.3) is 0 Å². The van der Waals surface area contributed by atoms with Gasteiger partial charge >= 0.3 is 0 Å². The molecule has 0 aromatic carbocycles. The van der Waals surface area contributed by atoms with E-state index in [1.807, 2.05) is 0 Å². The zero-order valence-corrected chi connectivity index (χ0v) is 10.2. The topological polar surface area (TPSA) is 82.1 Å². The lowest BCUT2D eigenvalue weighted by Crippen LogP contribution is -2.50. The molecular formula is C11H18N6. The van der Waals surface area contributed by atoms with Gasteiger partial charge in [0.25, 0.3) is 0 Å². The first-order valence-electron chi connectivity index (χ1n) is 5.71. The Bertz CT molecular complexity index is 418. The molecule has 1 aliphatic rings. The summed E-state index contributed by atoms with van der Waals surface area (Å²) in [5.74, 6) is 0.765. The van der Waals surface area contributed by atoms with Crippen LogP contribution in [-0.4, -0.2) is 53.7 Å². The summed E-state index contributed by atoms with van der Waals surface area (Å²) in [7, 11) is 2.12. The molecule has 6 heteroatoms. The molecule has 1 atom stereocenters. The van der Waals surface area contributed by atoms with Gasteiger partial charge in [-0.1, -0.05) is 0 Å². The van der Waals surface area contributed by atoms with Gasteiger partial charge in [0, 0.05) is 25.7 Å². The largest absolute Gasteiger partial charge is 0.384 e. The second-order valence-electron chi connectivity index (χ2n) is 4.46. The lowest BCUT2D eigenvalue weighted by Gasteiger charge is -2.38. The first kappa shape index (κ1) is 11.8. The molecule has 1 saturated heterocycles. The number of anilines is 1. The van der Waals surface area contributed by atoms with Crippen molar-refractivity contribution in [2.75, 3.05) is 31.6 Å². The minimum atomic E-state index is 0.0430. The van der Waals surface area contributed by atoms with E-state index in [4.69, 9.17) is 11.1 Å². The number of nitrogen functional groups attached to an aromatic ring is 1. The number of rotatable bonds is 2. The molecule has 92 valence electrons. The third-order valence-electron chi connectivity index (χ3n) is 3.25. The second-order valence-corrected chi connectivity index (χ2v) is 4.46. The van der Waals surface area contributed by atoms with Crippen LogP contribution in [0.5, 0.6) is 0 Å². The van der Waals surface area contributed by atoms with Crippen molar-refractivity contribution < 1.29 is 0 Å². The summed E-state index contributed by atoms with van der Waals surface area (Å²) in [6.45, 7) is 4.93. The van der Waals surface area contributed by atoms with Gasteiger partial charge in [-0.15, -0.1) is 5.10 Å². The molecule has 3 N–H and O–H groups in total. The van der Waals surface area contributed by atoms with Crippen molar-refractivity contribution in [2.24, 2.45) is 5.73 Å². The molecule has 1 aromatic rings. The van der Waals surface area contributed by atoms with Crippen LogP contribution < -0.4 is 10.6 Å². The van der Waals surface area contributed by atoms with E-state index >= 15 is 0 Å². The van der Waals surface area contributed by atoms with E-state index in [2.05, 4.69) is 34.0 Å². The lowest BCUT2D eigenvalue weighted by atomic mass is 10.1. The highest BCUT2D eigenvalue weighted by molar-refractivity contribution is 5.99. The number of aromatic nitrogens is 2. The maximum atomic E-state index is 7.56. The van der Waals surface area contributed by atoms with Crippen molar-refractivity contribution in [2.45, 2.75) is 13.0 Å².